The first-order valence-electron chi connectivity index (χ1n) is 6.89. The molecule has 0 bridgehead atoms. The van der Waals surface area contributed by atoms with E-state index in [-0.39, 0.29) is 24.2 Å². The summed E-state index contributed by atoms with van der Waals surface area (Å²) >= 11 is 0. The molecule has 0 aromatic heterocycles. The highest BCUT2D eigenvalue weighted by molar-refractivity contribution is 5.85. The number of nitrogens with two attached hydrogens (primary N) is 1. The Hall–Kier alpha value is -1.59. The summed E-state index contributed by atoms with van der Waals surface area (Å²) < 4.78 is 0. The second kappa shape index (κ2) is 11.1. The van der Waals surface area contributed by atoms with Gasteiger partial charge in [0.1, 0.15) is 0 Å². The van der Waals surface area contributed by atoms with Gasteiger partial charge in [-0.3, -0.25) is 9.59 Å². The number of carbonyl (C=O) groups is 2. The summed E-state index contributed by atoms with van der Waals surface area (Å²) in [4.78, 5) is 24.9. The third-order valence-electron chi connectivity index (χ3n) is 2.97. The van der Waals surface area contributed by atoms with Crippen molar-refractivity contribution in [3.63, 3.8) is 0 Å². The molecule has 2 amide bonds. The smallest absolute Gasteiger partial charge is 0.221 e. The molecule has 1 rings (SSSR count). The molecule has 0 saturated heterocycles. The molecule has 1 aromatic carbocycles. The summed E-state index contributed by atoms with van der Waals surface area (Å²) in [6.45, 7) is 3.64. The van der Waals surface area contributed by atoms with E-state index in [1.54, 1.807) is 4.90 Å². The fourth-order valence-corrected chi connectivity index (χ4v) is 1.81. The molecule has 0 heterocycles. The van der Waals surface area contributed by atoms with Gasteiger partial charge in [0, 0.05) is 33.0 Å². The Morgan fingerprint density at radius 3 is 2.48 bits per heavy atom. The second-order valence-electron chi connectivity index (χ2n) is 4.67. The Morgan fingerprint density at radius 2 is 1.90 bits per heavy atom. The van der Waals surface area contributed by atoms with Gasteiger partial charge in [-0.15, -0.1) is 12.4 Å². The van der Waals surface area contributed by atoms with E-state index in [2.05, 4.69) is 5.32 Å². The van der Waals surface area contributed by atoms with Gasteiger partial charge in [-0.2, -0.15) is 0 Å². The van der Waals surface area contributed by atoms with E-state index in [0.29, 0.717) is 32.6 Å². The molecule has 0 radical (unpaired) electrons. The molecule has 5 nitrogen and oxygen atoms in total. The minimum Gasteiger partial charge on any atom is -0.356 e. The third-order valence-corrected chi connectivity index (χ3v) is 2.97. The van der Waals surface area contributed by atoms with Crippen LogP contribution in [0.25, 0.3) is 0 Å². The molecule has 0 unspecified atom stereocenters. The zero-order valence-electron chi connectivity index (χ0n) is 12.4. The molecule has 1 aromatic rings. The molecule has 0 aliphatic rings. The standard InChI is InChI=1S/C15H23N3O2.ClH/c1-13(19)18(12-14-6-3-2-4-7-14)11-8-15(20)17-10-5-9-16;/h2-4,6-7H,5,8-12,16H2,1H3,(H,17,20);1H. The van der Waals surface area contributed by atoms with E-state index < -0.39 is 0 Å². The first kappa shape index (κ1) is 19.4. The summed E-state index contributed by atoms with van der Waals surface area (Å²) in [5.74, 6) is -0.0682. The zero-order chi connectivity index (χ0) is 14.8. The summed E-state index contributed by atoms with van der Waals surface area (Å²) in [7, 11) is 0. The zero-order valence-corrected chi connectivity index (χ0v) is 13.2. The SMILES string of the molecule is CC(=O)N(CCC(=O)NCCCN)Cc1ccccc1.Cl. The van der Waals surface area contributed by atoms with Crippen molar-refractivity contribution in [3.05, 3.63) is 35.9 Å². The number of nitrogens with zero attached hydrogens (tertiary/aromatic N) is 1. The van der Waals surface area contributed by atoms with Crippen LogP contribution >= 0.6 is 12.4 Å². The molecule has 6 heteroatoms. The minimum atomic E-state index is -0.0437. The first-order chi connectivity index (χ1) is 9.63. The number of carbonyl (C=O) groups excluding carboxylic acids is 2. The maximum Gasteiger partial charge on any atom is 0.221 e. The van der Waals surface area contributed by atoms with E-state index >= 15 is 0 Å². The lowest BCUT2D eigenvalue weighted by Crippen LogP contribution is -2.34. The average Bonchev–Trinajstić information content (AvgIpc) is 2.44. The Morgan fingerprint density at radius 1 is 1.24 bits per heavy atom. The van der Waals surface area contributed by atoms with Crippen LogP contribution in [-0.2, 0) is 16.1 Å². The Bertz CT molecular complexity index is 426. The molecule has 21 heavy (non-hydrogen) atoms. The molecule has 0 spiro atoms. The number of benzene rings is 1. The van der Waals surface area contributed by atoms with Gasteiger partial charge in [-0.25, -0.2) is 0 Å². The average molecular weight is 314 g/mol. The van der Waals surface area contributed by atoms with Crippen LogP contribution in [0.15, 0.2) is 30.3 Å². The number of nitrogens with one attached hydrogen (secondary N) is 1. The van der Waals surface area contributed by atoms with Crippen molar-refractivity contribution in [2.45, 2.75) is 26.3 Å². The van der Waals surface area contributed by atoms with Crippen LogP contribution in [0.4, 0.5) is 0 Å². The van der Waals surface area contributed by atoms with Crippen LogP contribution in [0.2, 0.25) is 0 Å². The molecule has 0 aliphatic carbocycles. The van der Waals surface area contributed by atoms with E-state index in [1.807, 2.05) is 30.3 Å². The van der Waals surface area contributed by atoms with E-state index in [9.17, 15) is 9.59 Å². The van der Waals surface area contributed by atoms with Crippen molar-refractivity contribution >= 4 is 24.2 Å². The largest absolute Gasteiger partial charge is 0.356 e. The molecular weight excluding hydrogens is 290 g/mol. The van der Waals surface area contributed by atoms with E-state index in [4.69, 9.17) is 5.73 Å². The normalized spacial score (nSPS) is 9.62. The van der Waals surface area contributed by atoms with Crippen LogP contribution in [-0.4, -0.2) is 36.3 Å². The van der Waals surface area contributed by atoms with Crippen LogP contribution in [0.3, 0.4) is 0 Å². The summed E-state index contributed by atoms with van der Waals surface area (Å²) in [5, 5.41) is 2.78. The van der Waals surface area contributed by atoms with Crippen molar-refractivity contribution in [1.82, 2.24) is 10.2 Å². The fourth-order valence-electron chi connectivity index (χ4n) is 1.81. The molecule has 0 aliphatic heterocycles. The Balaban J connectivity index is 0.00000400. The summed E-state index contributed by atoms with van der Waals surface area (Å²) in [6.07, 6.45) is 1.09. The van der Waals surface area contributed by atoms with Crippen LogP contribution in [0.5, 0.6) is 0 Å². The maximum atomic E-state index is 11.6. The predicted molar refractivity (Wildman–Crippen MR) is 86.1 cm³/mol. The highest BCUT2D eigenvalue weighted by atomic mass is 35.5. The van der Waals surface area contributed by atoms with Gasteiger partial charge in [-0.05, 0) is 18.5 Å². The van der Waals surface area contributed by atoms with Crippen molar-refractivity contribution in [2.75, 3.05) is 19.6 Å². The monoisotopic (exact) mass is 313 g/mol. The van der Waals surface area contributed by atoms with Gasteiger partial charge >= 0.3 is 0 Å². The van der Waals surface area contributed by atoms with E-state index in [0.717, 1.165) is 12.0 Å². The molecule has 118 valence electrons. The number of halogens is 1. The predicted octanol–water partition coefficient (Wildman–Crippen LogP) is 1.31. The lowest BCUT2D eigenvalue weighted by Gasteiger charge is -2.21. The van der Waals surface area contributed by atoms with Gasteiger partial charge < -0.3 is 16.0 Å². The van der Waals surface area contributed by atoms with Crippen LogP contribution in [0, 0.1) is 0 Å². The van der Waals surface area contributed by atoms with Crippen molar-refractivity contribution in [1.29, 1.82) is 0 Å². The summed E-state index contributed by atoms with van der Waals surface area (Å²) in [5.41, 5.74) is 6.42. The molecule has 0 fully saturated rings. The minimum absolute atomic E-state index is 0. The lowest BCUT2D eigenvalue weighted by molar-refractivity contribution is -0.130. The van der Waals surface area contributed by atoms with Crippen molar-refractivity contribution in [3.8, 4) is 0 Å². The summed E-state index contributed by atoms with van der Waals surface area (Å²) in [6, 6.07) is 9.75. The highest BCUT2D eigenvalue weighted by Gasteiger charge is 2.11. The van der Waals surface area contributed by atoms with Gasteiger partial charge in [0.25, 0.3) is 0 Å². The Kier molecular flexibility index (Phi) is 10.3. The third kappa shape index (κ3) is 8.32. The van der Waals surface area contributed by atoms with Gasteiger partial charge in [-0.1, -0.05) is 30.3 Å². The fraction of sp³-hybridized carbons (Fsp3) is 0.467. The molecule has 0 atom stereocenters. The van der Waals surface area contributed by atoms with Gasteiger partial charge in [0.2, 0.25) is 11.8 Å². The molecular formula is C15H24ClN3O2. The topological polar surface area (TPSA) is 75.4 Å². The number of hydrogen-bond acceptors (Lipinski definition) is 3. The van der Waals surface area contributed by atoms with Crippen LogP contribution < -0.4 is 11.1 Å². The first-order valence-corrected chi connectivity index (χ1v) is 6.89. The highest BCUT2D eigenvalue weighted by Crippen LogP contribution is 2.05. The maximum absolute atomic E-state index is 11.6. The molecule has 3 N–H and O–H groups in total. The van der Waals surface area contributed by atoms with Gasteiger partial charge in [0.05, 0.1) is 0 Å². The quantitative estimate of drug-likeness (QED) is 0.711. The number of amides is 2. The second-order valence-corrected chi connectivity index (χ2v) is 4.67. The van der Waals surface area contributed by atoms with Gasteiger partial charge in [0.15, 0.2) is 0 Å². The molecule has 0 saturated carbocycles. The van der Waals surface area contributed by atoms with E-state index in [1.165, 1.54) is 6.92 Å². The number of rotatable bonds is 8. The lowest BCUT2D eigenvalue weighted by atomic mass is 10.2. The van der Waals surface area contributed by atoms with Crippen molar-refractivity contribution < 1.29 is 9.59 Å². The number of hydrogen-bond donors (Lipinski definition) is 2. The van der Waals surface area contributed by atoms with Crippen molar-refractivity contribution in [2.24, 2.45) is 5.73 Å². The van der Waals surface area contributed by atoms with Crippen LogP contribution in [0.1, 0.15) is 25.3 Å². The Labute approximate surface area is 132 Å².